The van der Waals surface area contributed by atoms with Gasteiger partial charge in [0.25, 0.3) is 5.91 Å². The number of carbonyl (C=O) groups excluding carboxylic acids is 1. The lowest BCUT2D eigenvalue weighted by Gasteiger charge is -2.18. The zero-order valence-corrected chi connectivity index (χ0v) is 11.0. The summed E-state index contributed by atoms with van der Waals surface area (Å²) < 4.78 is 0. The lowest BCUT2D eigenvalue weighted by molar-refractivity contribution is 0.100. The van der Waals surface area contributed by atoms with Gasteiger partial charge in [-0.25, -0.2) is 0 Å². The Kier molecular flexibility index (Phi) is 5.15. The van der Waals surface area contributed by atoms with E-state index in [0.717, 1.165) is 11.5 Å². The molecule has 5 heteroatoms. The number of amides is 1. The van der Waals surface area contributed by atoms with E-state index in [4.69, 9.17) is 11.5 Å². The van der Waals surface area contributed by atoms with Gasteiger partial charge in [0.05, 0.1) is 16.9 Å². The number of carbonyl (C=O) groups is 1. The van der Waals surface area contributed by atoms with Crippen LogP contribution in [0.15, 0.2) is 18.2 Å². The van der Waals surface area contributed by atoms with Crippen LogP contribution in [0.2, 0.25) is 0 Å². The fraction of sp³-hybridized carbons (Fsp3) is 0.417. The summed E-state index contributed by atoms with van der Waals surface area (Å²) in [5, 5.41) is 3.25. The summed E-state index contributed by atoms with van der Waals surface area (Å²) in [4.78, 5) is 11.3. The first-order valence-electron chi connectivity index (χ1n) is 5.58. The number of anilines is 2. The van der Waals surface area contributed by atoms with Gasteiger partial charge in [0.15, 0.2) is 0 Å². The number of thioether (sulfide) groups is 1. The maximum Gasteiger partial charge on any atom is 0.250 e. The molecule has 1 atom stereocenters. The molecule has 0 spiro atoms. The van der Waals surface area contributed by atoms with Gasteiger partial charge in [0, 0.05) is 11.8 Å². The summed E-state index contributed by atoms with van der Waals surface area (Å²) in [6, 6.07) is 5.41. The number of rotatable bonds is 6. The fourth-order valence-electron chi connectivity index (χ4n) is 1.52. The van der Waals surface area contributed by atoms with Crippen molar-refractivity contribution in [3.63, 3.8) is 0 Å². The molecule has 1 rings (SSSR count). The minimum absolute atomic E-state index is 0.239. The van der Waals surface area contributed by atoms with Gasteiger partial charge in [-0.05, 0) is 24.8 Å². The predicted octanol–water partition coefficient (Wildman–Crippen LogP) is 1.92. The van der Waals surface area contributed by atoms with E-state index >= 15 is 0 Å². The fourth-order valence-corrected chi connectivity index (χ4v) is 2.19. The first-order chi connectivity index (χ1) is 8.06. The molecule has 0 saturated heterocycles. The lowest BCUT2D eigenvalue weighted by atomic mass is 10.1. The quantitative estimate of drug-likeness (QED) is 0.677. The number of para-hydroxylation sites is 1. The molecular formula is C12H19N3OS. The molecule has 94 valence electrons. The van der Waals surface area contributed by atoms with Crippen LogP contribution in [0.1, 0.15) is 24.2 Å². The van der Waals surface area contributed by atoms with Crippen LogP contribution < -0.4 is 16.8 Å². The number of hydrogen-bond donors (Lipinski definition) is 3. The molecule has 1 aromatic carbocycles. The van der Waals surface area contributed by atoms with Gasteiger partial charge in [-0.2, -0.15) is 11.8 Å². The molecule has 0 heterocycles. The molecule has 1 amide bonds. The summed E-state index contributed by atoms with van der Waals surface area (Å²) in [6.07, 6.45) is 0. The van der Waals surface area contributed by atoms with Crippen LogP contribution in [-0.2, 0) is 0 Å². The second-order valence-electron chi connectivity index (χ2n) is 3.84. The molecule has 0 bridgehead atoms. The van der Waals surface area contributed by atoms with E-state index in [1.165, 1.54) is 0 Å². The van der Waals surface area contributed by atoms with Gasteiger partial charge in [0.2, 0.25) is 0 Å². The zero-order chi connectivity index (χ0) is 12.8. The molecular weight excluding hydrogens is 234 g/mol. The van der Waals surface area contributed by atoms with Crippen molar-refractivity contribution >= 4 is 29.0 Å². The van der Waals surface area contributed by atoms with Crippen molar-refractivity contribution in [2.45, 2.75) is 19.9 Å². The van der Waals surface area contributed by atoms with Crippen LogP contribution in [0.4, 0.5) is 11.4 Å². The third-order valence-electron chi connectivity index (χ3n) is 2.32. The molecule has 1 unspecified atom stereocenters. The number of nitrogens with two attached hydrogens (primary N) is 2. The van der Waals surface area contributed by atoms with E-state index in [-0.39, 0.29) is 6.04 Å². The first-order valence-corrected chi connectivity index (χ1v) is 6.74. The number of hydrogen-bond acceptors (Lipinski definition) is 4. The Bertz CT molecular complexity index is 395. The van der Waals surface area contributed by atoms with Crippen LogP contribution in [0, 0.1) is 0 Å². The largest absolute Gasteiger partial charge is 0.397 e. The van der Waals surface area contributed by atoms with Gasteiger partial charge >= 0.3 is 0 Å². The molecule has 0 saturated carbocycles. The van der Waals surface area contributed by atoms with E-state index in [0.29, 0.717) is 16.9 Å². The van der Waals surface area contributed by atoms with Gasteiger partial charge in [-0.1, -0.05) is 13.0 Å². The van der Waals surface area contributed by atoms with Crippen molar-refractivity contribution < 1.29 is 4.79 Å². The van der Waals surface area contributed by atoms with E-state index in [1.807, 2.05) is 11.8 Å². The van der Waals surface area contributed by atoms with Crippen molar-refractivity contribution in [3.05, 3.63) is 23.8 Å². The smallest absolute Gasteiger partial charge is 0.250 e. The molecule has 4 nitrogen and oxygen atoms in total. The van der Waals surface area contributed by atoms with Gasteiger partial charge in [0.1, 0.15) is 0 Å². The van der Waals surface area contributed by atoms with Crippen molar-refractivity contribution in [2.24, 2.45) is 5.73 Å². The molecule has 17 heavy (non-hydrogen) atoms. The molecule has 0 radical (unpaired) electrons. The van der Waals surface area contributed by atoms with Crippen molar-refractivity contribution in [1.82, 2.24) is 0 Å². The van der Waals surface area contributed by atoms with Gasteiger partial charge in [-0.15, -0.1) is 0 Å². The van der Waals surface area contributed by atoms with Crippen LogP contribution in [0.25, 0.3) is 0 Å². The molecule has 0 fully saturated rings. The average Bonchev–Trinajstić information content (AvgIpc) is 2.28. The lowest BCUT2D eigenvalue weighted by Crippen LogP contribution is -2.22. The maximum absolute atomic E-state index is 11.3. The Balaban J connectivity index is 2.85. The topological polar surface area (TPSA) is 81.1 Å². The molecule has 1 aromatic rings. The van der Waals surface area contributed by atoms with Crippen molar-refractivity contribution in [1.29, 1.82) is 0 Å². The highest BCUT2D eigenvalue weighted by Gasteiger charge is 2.12. The zero-order valence-electron chi connectivity index (χ0n) is 10.2. The van der Waals surface area contributed by atoms with E-state index < -0.39 is 5.91 Å². The predicted molar refractivity (Wildman–Crippen MR) is 75.5 cm³/mol. The minimum atomic E-state index is -0.463. The highest BCUT2D eigenvalue weighted by atomic mass is 32.2. The number of benzene rings is 1. The summed E-state index contributed by atoms with van der Waals surface area (Å²) in [6.45, 7) is 4.17. The average molecular weight is 253 g/mol. The number of nitrogen functional groups attached to an aromatic ring is 1. The van der Waals surface area contributed by atoms with Crippen LogP contribution in [0.3, 0.4) is 0 Å². The standard InChI is InChI=1S/C12H19N3OS/c1-3-17-7-8(2)15-11-9(12(14)16)5-4-6-10(11)13/h4-6,8,15H,3,7,13H2,1-2H3,(H2,14,16). The van der Waals surface area contributed by atoms with Gasteiger partial charge in [-0.3, -0.25) is 4.79 Å². The molecule has 0 aromatic heterocycles. The summed E-state index contributed by atoms with van der Waals surface area (Å²) in [5.74, 6) is 1.57. The van der Waals surface area contributed by atoms with Crippen LogP contribution in [0.5, 0.6) is 0 Å². The summed E-state index contributed by atoms with van der Waals surface area (Å²) in [7, 11) is 0. The maximum atomic E-state index is 11.3. The summed E-state index contributed by atoms with van der Waals surface area (Å²) in [5.41, 5.74) is 12.8. The second-order valence-corrected chi connectivity index (χ2v) is 5.16. The normalized spacial score (nSPS) is 12.1. The van der Waals surface area contributed by atoms with Gasteiger partial charge < -0.3 is 16.8 Å². The first kappa shape index (κ1) is 13.7. The molecule has 0 aliphatic rings. The molecule has 5 N–H and O–H groups in total. The highest BCUT2D eigenvalue weighted by Crippen LogP contribution is 2.24. The van der Waals surface area contributed by atoms with Crippen LogP contribution >= 0.6 is 11.8 Å². The van der Waals surface area contributed by atoms with Crippen molar-refractivity contribution in [3.8, 4) is 0 Å². The highest BCUT2D eigenvalue weighted by molar-refractivity contribution is 7.99. The van der Waals surface area contributed by atoms with Crippen LogP contribution in [-0.4, -0.2) is 23.5 Å². The number of nitrogens with one attached hydrogen (secondary N) is 1. The SMILES string of the molecule is CCSCC(C)Nc1c(N)cccc1C(N)=O. The monoisotopic (exact) mass is 253 g/mol. The molecule has 0 aliphatic carbocycles. The third kappa shape index (κ3) is 3.85. The van der Waals surface area contributed by atoms with E-state index in [2.05, 4.69) is 19.2 Å². The number of primary amides is 1. The Labute approximate surface area is 106 Å². The Morgan fingerprint density at radius 2 is 2.24 bits per heavy atom. The Hall–Kier alpha value is -1.36. The summed E-state index contributed by atoms with van der Waals surface area (Å²) >= 11 is 1.84. The van der Waals surface area contributed by atoms with E-state index in [1.54, 1.807) is 18.2 Å². The molecule has 0 aliphatic heterocycles. The van der Waals surface area contributed by atoms with Crippen molar-refractivity contribution in [2.75, 3.05) is 22.6 Å². The van der Waals surface area contributed by atoms with E-state index in [9.17, 15) is 4.79 Å². The second kappa shape index (κ2) is 6.39. The Morgan fingerprint density at radius 3 is 2.82 bits per heavy atom. The minimum Gasteiger partial charge on any atom is -0.397 e. The third-order valence-corrected chi connectivity index (χ3v) is 3.47. The Morgan fingerprint density at radius 1 is 1.53 bits per heavy atom.